The van der Waals surface area contributed by atoms with Gasteiger partial charge in [0, 0.05) is 25.7 Å². The second kappa shape index (κ2) is 5.39. The van der Waals surface area contributed by atoms with E-state index in [1.807, 2.05) is 6.07 Å². The van der Waals surface area contributed by atoms with Gasteiger partial charge in [-0.05, 0) is 37.0 Å². The van der Waals surface area contributed by atoms with Crippen molar-refractivity contribution >= 4 is 0 Å². The Morgan fingerprint density at radius 1 is 1.26 bits per heavy atom. The van der Waals surface area contributed by atoms with Crippen molar-refractivity contribution in [2.75, 3.05) is 32.8 Å². The summed E-state index contributed by atoms with van der Waals surface area (Å²) in [7, 11) is 0. The minimum Gasteiger partial charge on any atom is -0.486 e. The van der Waals surface area contributed by atoms with Crippen LogP contribution in [0.4, 0.5) is 0 Å². The second-order valence-electron chi connectivity index (χ2n) is 5.47. The van der Waals surface area contributed by atoms with Gasteiger partial charge in [0.1, 0.15) is 13.2 Å². The van der Waals surface area contributed by atoms with E-state index in [0.717, 1.165) is 31.1 Å². The van der Waals surface area contributed by atoms with Crippen molar-refractivity contribution < 1.29 is 9.47 Å². The molecule has 1 fully saturated rings. The molecule has 0 spiro atoms. The molecule has 0 aliphatic carbocycles. The van der Waals surface area contributed by atoms with Crippen LogP contribution in [-0.4, -0.2) is 43.8 Å². The third kappa shape index (κ3) is 2.55. The van der Waals surface area contributed by atoms with Gasteiger partial charge in [-0.15, -0.1) is 0 Å². The van der Waals surface area contributed by atoms with Crippen LogP contribution < -0.4 is 15.2 Å². The predicted octanol–water partition coefficient (Wildman–Crippen LogP) is 1.59. The lowest BCUT2D eigenvalue weighted by Crippen LogP contribution is -2.32. The Bertz CT molecular complexity index is 450. The largest absolute Gasteiger partial charge is 0.486 e. The molecular formula is C15H22N2O2. The molecule has 0 radical (unpaired) electrons. The number of benzene rings is 1. The number of hydrogen-bond acceptors (Lipinski definition) is 4. The van der Waals surface area contributed by atoms with Crippen LogP contribution in [0.5, 0.6) is 11.5 Å². The van der Waals surface area contributed by atoms with Crippen LogP contribution in [0.3, 0.4) is 0 Å². The summed E-state index contributed by atoms with van der Waals surface area (Å²) in [5.74, 6) is 2.35. The SMILES string of the molecule is CC1CC(c2ccc3c(c2)OCCO3)CN1CCN. The average Bonchev–Trinajstić information content (AvgIpc) is 2.80. The number of ether oxygens (including phenoxy) is 2. The zero-order chi connectivity index (χ0) is 13.2. The van der Waals surface area contributed by atoms with Gasteiger partial charge in [0.25, 0.3) is 0 Å². The molecule has 1 saturated heterocycles. The van der Waals surface area contributed by atoms with E-state index >= 15 is 0 Å². The molecule has 3 rings (SSSR count). The summed E-state index contributed by atoms with van der Waals surface area (Å²) in [6.07, 6.45) is 1.19. The fourth-order valence-electron chi connectivity index (χ4n) is 3.13. The lowest BCUT2D eigenvalue weighted by Gasteiger charge is -2.21. The molecule has 0 aromatic heterocycles. The topological polar surface area (TPSA) is 47.7 Å². The zero-order valence-corrected chi connectivity index (χ0v) is 11.5. The molecule has 0 saturated carbocycles. The molecule has 4 heteroatoms. The first-order valence-electron chi connectivity index (χ1n) is 7.11. The molecule has 4 nitrogen and oxygen atoms in total. The number of hydrogen-bond donors (Lipinski definition) is 1. The normalized spacial score (nSPS) is 26.6. The predicted molar refractivity (Wildman–Crippen MR) is 74.9 cm³/mol. The summed E-state index contributed by atoms with van der Waals surface area (Å²) >= 11 is 0. The molecule has 19 heavy (non-hydrogen) atoms. The summed E-state index contributed by atoms with van der Waals surface area (Å²) in [5, 5.41) is 0. The van der Waals surface area contributed by atoms with Gasteiger partial charge in [0.15, 0.2) is 11.5 Å². The standard InChI is InChI=1S/C15H22N2O2/c1-11-8-13(10-17(11)5-4-16)12-2-3-14-15(9-12)19-7-6-18-14/h2-3,9,11,13H,4-8,10,16H2,1H3. The Morgan fingerprint density at radius 3 is 2.84 bits per heavy atom. The van der Waals surface area contributed by atoms with Crippen LogP contribution in [0.2, 0.25) is 0 Å². The molecule has 0 bridgehead atoms. The maximum atomic E-state index is 5.67. The van der Waals surface area contributed by atoms with E-state index in [0.29, 0.717) is 25.2 Å². The van der Waals surface area contributed by atoms with Crippen molar-refractivity contribution in [1.82, 2.24) is 4.90 Å². The minimum absolute atomic E-state index is 0.581. The van der Waals surface area contributed by atoms with E-state index in [4.69, 9.17) is 15.2 Å². The Balaban J connectivity index is 1.76. The van der Waals surface area contributed by atoms with Crippen LogP contribution in [-0.2, 0) is 0 Å². The summed E-state index contributed by atoms with van der Waals surface area (Å²) < 4.78 is 11.2. The zero-order valence-electron chi connectivity index (χ0n) is 11.5. The van der Waals surface area contributed by atoms with Gasteiger partial charge in [0.2, 0.25) is 0 Å². The molecular weight excluding hydrogens is 240 g/mol. The van der Waals surface area contributed by atoms with Gasteiger partial charge in [-0.1, -0.05) is 6.07 Å². The third-order valence-corrected chi connectivity index (χ3v) is 4.16. The van der Waals surface area contributed by atoms with Gasteiger partial charge < -0.3 is 15.2 Å². The van der Waals surface area contributed by atoms with Crippen molar-refractivity contribution in [2.24, 2.45) is 5.73 Å². The average molecular weight is 262 g/mol. The van der Waals surface area contributed by atoms with Crippen LogP contribution in [0, 0.1) is 0 Å². The number of rotatable bonds is 3. The Kier molecular flexibility index (Phi) is 3.62. The third-order valence-electron chi connectivity index (χ3n) is 4.16. The van der Waals surface area contributed by atoms with Crippen LogP contribution >= 0.6 is 0 Å². The Morgan fingerprint density at radius 2 is 2.05 bits per heavy atom. The fraction of sp³-hybridized carbons (Fsp3) is 0.600. The molecule has 2 atom stereocenters. The van der Waals surface area contributed by atoms with Crippen LogP contribution in [0.1, 0.15) is 24.8 Å². The van der Waals surface area contributed by atoms with Crippen molar-refractivity contribution in [3.8, 4) is 11.5 Å². The van der Waals surface area contributed by atoms with Gasteiger partial charge in [0.05, 0.1) is 0 Å². The maximum Gasteiger partial charge on any atom is 0.161 e. The van der Waals surface area contributed by atoms with Crippen molar-refractivity contribution in [2.45, 2.75) is 25.3 Å². The first kappa shape index (κ1) is 12.8. The minimum atomic E-state index is 0.581. The molecule has 0 amide bonds. The Hall–Kier alpha value is -1.26. The maximum absolute atomic E-state index is 5.67. The van der Waals surface area contributed by atoms with E-state index in [9.17, 15) is 0 Å². The van der Waals surface area contributed by atoms with Crippen molar-refractivity contribution in [3.05, 3.63) is 23.8 Å². The van der Waals surface area contributed by atoms with Crippen LogP contribution in [0.25, 0.3) is 0 Å². The molecule has 2 unspecified atom stereocenters. The van der Waals surface area contributed by atoms with Gasteiger partial charge in [-0.25, -0.2) is 0 Å². The van der Waals surface area contributed by atoms with E-state index in [2.05, 4.69) is 24.0 Å². The first-order chi connectivity index (χ1) is 9.28. The molecule has 104 valence electrons. The number of likely N-dealkylation sites (tertiary alicyclic amines) is 1. The van der Waals surface area contributed by atoms with Gasteiger partial charge in [-0.2, -0.15) is 0 Å². The lowest BCUT2D eigenvalue weighted by molar-refractivity contribution is 0.171. The highest BCUT2D eigenvalue weighted by atomic mass is 16.6. The van der Waals surface area contributed by atoms with Gasteiger partial charge >= 0.3 is 0 Å². The molecule has 2 aliphatic rings. The number of fused-ring (bicyclic) bond motifs is 1. The second-order valence-corrected chi connectivity index (χ2v) is 5.47. The van der Waals surface area contributed by atoms with E-state index in [-0.39, 0.29) is 0 Å². The van der Waals surface area contributed by atoms with Crippen molar-refractivity contribution in [3.63, 3.8) is 0 Å². The van der Waals surface area contributed by atoms with Gasteiger partial charge in [-0.3, -0.25) is 4.90 Å². The highest BCUT2D eigenvalue weighted by Crippen LogP contribution is 2.37. The van der Waals surface area contributed by atoms with Crippen molar-refractivity contribution in [1.29, 1.82) is 0 Å². The highest BCUT2D eigenvalue weighted by Gasteiger charge is 2.30. The molecule has 1 aromatic rings. The van der Waals surface area contributed by atoms with E-state index < -0.39 is 0 Å². The monoisotopic (exact) mass is 262 g/mol. The smallest absolute Gasteiger partial charge is 0.161 e. The number of nitrogens with zero attached hydrogens (tertiary/aromatic N) is 1. The fourth-order valence-corrected chi connectivity index (χ4v) is 3.13. The molecule has 2 aliphatic heterocycles. The highest BCUT2D eigenvalue weighted by molar-refractivity contribution is 5.45. The molecule has 2 N–H and O–H groups in total. The number of nitrogens with two attached hydrogens (primary N) is 1. The van der Waals surface area contributed by atoms with E-state index in [1.54, 1.807) is 0 Å². The lowest BCUT2D eigenvalue weighted by atomic mass is 9.96. The Labute approximate surface area is 114 Å². The summed E-state index contributed by atoms with van der Waals surface area (Å²) in [4.78, 5) is 2.47. The quantitative estimate of drug-likeness (QED) is 0.898. The summed E-state index contributed by atoms with van der Waals surface area (Å²) in [6.45, 7) is 6.40. The molecule has 2 heterocycles. The van der Waals surface area contributed by atoms with Crippen LogP contribution in [0.15, 0.2) is 18.2 Å². The summed E-state index contributed by atoms with van der Waals surface area (Å²) in [6, 6.07) is 6.98. The molecule has 1 aromatic carbocycles. The van der Waals surface area contributed by atoms with E-state index in [1.165, 1.54) is 12.0 Å². The summed E-state index contributed by atoms with van der Waals surface area (Å²) in [5.41, 5.74) is 7.02. The first-order valence-corrected chi connectivity index (χ1v) is 7.11.